The van der Waals surface area contributed by atoms with Crippen LogP contribution in [-0.4, -0.2) is 5.21 Å². The molecule has 1 heterocycles. The van der Waals surface area contributed by atoms with Crippen LogP contribution in [0.25, 0.3) is 0 Å². The van der Waals surface area contributed by atoms with Crippen molar-refractivity contribution in [3.05, 3.63) is 29.6 Å². The molecule has 0 atom stereocenters. The molecule has 0 unspecified atom stereocenters. The number of rotatable bonds is 0. The lowest BCUT2D eigenvalue weighted by atomic mass is 9.88. The monoisotopic (exact) mass is 166 g/mol. The fraction of sp³-hybridized carbons (Fsp3) is 0.500. The minimum Gasteiger partial charge on any atom is -0.285 e. The molecule has 0 radical (unpaired) electrons. The van der Waals surface area contributed by atoms with Crippen LogP contribution < -0.4 is 4.73 Å². The Balaban J connectivity index is 3.14. The zero-order chi connectivity index (χ0) is 9.35. The van der Waals surface area contributed by atoms with Crippen LogP contribution in [0, 0.1) is 6.92 Å². The molecule has 66 valence electrons. The molecule has 0 aromatic carbocycles. The van der Waals surface area contributed by atoms with Gasteiger partial charge in [-0.2, -0.15) is 0 Å². The third-order valence-electron chi connectivity index (χ3n) is 1.99. The average molecular weight is 166 g/mol. The maximum atomic E-state index is 9.38. The minimum absolute atomic E-state index is 0.0954. The summed E-state index contributed by atoms with van der Waals surface area (Å²) in [7, 11) is 0. The van der Waals surface area contributed by atoms with E-state index in [9.17, 15) is 5.21 Å². The molecule has 1 aromatic heterocycles. The van der Waals surface area contributed by atoms with E-state index in [1.165, 1.54) is 4.73 Å². The van der Waals surface area contributed by atoms with Gasteiger partial charge in [-0.25, -0.2) is 0 Å². The third kappa shape index (κ3) is 1.76. The maximum absolute atomic E-state index is 9.38. The molecule has 0 saturated heterocycles. The summed E-state index contributed by atoms with van der Waals surface area (Å²) in [5.74, 6) is 0. The molecule has 0 bridgehead atoms. The van der Waals surface area contributed by atoms with Crippen LogP contribution in [0.3, 0.4) is 0 Å². The number of aromatic nitrogens is 1. The van der Waals surface area contributed by atoms with Crippen molar-refractivity contribution in [2.75, 3.05) is 0 Å². The third-order valence-corrected chi connectivity index (χ3v) is 1.99. The standard InChI is InChI=1S/C10H16NO/c1-8-5-6-9(7-11(8)12)10(2,3)4/h5-7,12H,1-4H3/q+1. The molecular formula is C10H16NO+. The molecular weight excluding hydrogens is 150 g/mol. The molecule has 0 fully saturated rings. The van der Waals surface area contributed by atoms with Gasteiger partial charge in [0, 0.05) is 23.3 Å². The lowest BCUT2D eigenvalue weighted by molar-refractivity contribution is -0.909. The van der Waals surface area contributed by atoms with Crippen molar-refractivity contribution in [2.45, 2.75) is 33.1 Å². The van der Waals surface area contributed by atoms with E-state index < -0.39 is 0 Å². The summed E-state index contributed by atoms with van der Waals surface area (Å²) in [6, 6.07) is 3.96. The first-order chi connectivity index (χ1) is 5.41. The highest BCUT2D eigenvalue weighted by molar-refractivity contribution is 5.17. The second-order valence-electron chi connectivity index (χ2n) is 4.15. The second-order valence-corrected chi connectivity index (χ2v) is 4.15. The Labute approximate surface area is 73.4 Å². The summed E-state index contributed by atoms with van der Waals surface area (Å²) in [6.07, 6.45) is 1.76. The summed E-state index contributed by atoms with van der Waals surface area (Å²) in [5, 5.41) is 9.38. The predicted octanol–water partition coefficient (Wildman–Crippen LogP) is 1.82. The SMILES string of the molecule is Cc1ccc(C(C)(C)C)c[n+]1O. The first kappa shape index (κ1) is 9.04. The van der Waals surface area contributed by atoms with Crippen LogP contribution in [0.2, 0.25) is 0 Å². The molecule has 1 rings (SSSR count). The van der Waals surface area contributed by atoms with E-state index in [0.29, 0.717) is 0 Å². The first-order valence-corrected chi connectivity index (χ1v) is 4.13. The van der Waals surface area contributed by atoms with Crippen molar-refractivity contribution in [3.8, 4) is 0 Å². The first-order valence-electron chi connectivity index (χ1n) is 4.13. The topological polar surface area (TPSA) is 24.1 Å². The zero-order valence-electron chi connectivity index (χ0n) is 8.13. The van der Waals surface area contributed by atoms with Crippen molar-refractivity contribution < 1.29 is 9.94 Å². The molecule has 1 aromatic rings. The van der Waals surface area contributed by atoms with E-state index in [4.69, 9.17) is 0 Å². The fourth-order valence-corrected chi connectivity index (χ4v) is 1.01. The number of pyridine rings is 1. The van der Waals surface area contributed by atoms with Gasteiger partial charge in [-0.1, -0.05) is 20.8 Å². The summed E-state index contributed by atoms with van der Waals surface area (Å²) >= 11 is 0. The van der Waals surface area contributed by atoms with Gasteiger partial charge >= 0.3 is 0 Å². The molecule has 1 N–H and O–H groups in total. The Hall–Kier alpha value is -1.05. The summed E-state index contributed by atoms with van der Waals surface area (Å²) < 4.78 is 1.17. The number of nitrogens with zero attached hydrogens (tertiary/aromatic N) is 1. The van der Waals surface area contributed by atoms with Crippen molar-refractivity contribution in [3.63, 3.8) is 0 Å². The average Bonchev–Trinajstić information content (AvgIpc) is 1.92. The van der Waals surface area contributed by atoms with Gasteiger partial charge in [-0.15, -0.1) is 0 Å². The summed E-state index contributed by atoms with van der Waals surface area (Å²) in [5.41, 5.74) is 2.08. The maximum Gasteiger partial charge on any atom is 0.231 e. The lowest BCUT2D eigenvalue weighted by Gasteiger charge is -2.16. The van der Waals surface area contributed by atoms with Gasteiger partial charge in [-0.3, -0.25) is 5.21 Å². The van der Waals surface area contributed by atoms with Crippen molar-refractivity contribution in [1.82, 2.24) is 0 Å². The molecule has 0 saturated carbocycles. The molecule has 2 heteroatoms. The van der Waals surface area contributed by atoms with Crippen LogP contribution in [-0.2, 0) is 5.41 Å². The molecule has 0 spiro atoms. The molecule has 0 amide bonds. The Bertz CT molecular complexity index is 286. The van der Waals surface area contributed by atoms with Crippen LogP contribution in [0.4, 0.5) is 0 Å². The highest BCUT2D eigenvalue weighted by Gasteiger charge is 2.18. The van der Waals surface area contributed by atoms with Gasteiger partial charge in [0.2, 0.25) is 11.9 Å². The van der Waals surface area contributed by atoms with E-state index >= 15 is 0 Å². The quantitative estimate of drug-likeness (QED) is 0.461. The van der Waals surface area contributed by atoms with Gasteiger partial charge in [0.1, 0.15) is 0 Å². The molecule has 12 heavy (non-hydrogen) atoms. The van der Waals surface area contributed by atoms with Crippen molar-refractivity contribution >= 4 is 0 Å². The van der Waals surface area contributed by atoms with Gasteiger partial charge in [0.25, 0.3) is 0 Å². The van der Waals surface area contributed by atoms with E-state index in [0.717, 1.165) is 11.3 Å². The van der Waals surface area contributed by atoms with Crippen LogP contribution >= 0.6 is 0 Å². The fourth-order valence-electron chi connectivity index (χ4n) is 1.01. The largest absolute Gasteiger partial charge is 0.285 e. The summed E-state index contributed by atoms with van der Waals surface area (Å²) in [4.78, 5) is 0. The number of aryl methyl sites for hydroxylation is 1. The van der Waals surface area contributed by atoms with Gasteiger partial charge < -0.3 is 0 Å². The molecule has 0 aliphatic carbocycles. The van der Waals surface area contributed by atoms with Gasteiger partial charge in [0.05, 0.1) is 0 Å². The van der Waals surface area contributed by atoms with Gasteiger partial charge in [0.15, 0.2) is 0 Å². The molecule has 0 aliphatic rings. The van der Waals surface area contributed by atoms with E-state index in [2.05, 4.69) is 20.8 Å². The highest BCUT2D eigenvalue weighted by Crippen LogP contribution is 2.20. The molecule has 2 nitrogen and oxygen atoms in total. The Morgan fingerprint density at radius 3 is 2.25 bits per heavy atom. The Morgan fingerprint density at radius 1 is 1.25 bits per heavy atom. The van der Waals surface area contributed by atoms with Crippen molar-refractivity contribution in [1.29, 1.82) is 0 Å². The van der Waals surface area contributed by atoms with Crippen LogP contribution in [0.1, 0.15) is 32.0 Å². The van der Waals surface area contributed by atoms with Crippen LogP contribution in [0.15, 0.2) is 18.3 Å². The summed E-state index contributed by atoms with van der Waals surface area (Å²) in [6.45, 7) is 8.24. The lowest BCUT2D eigenvalue weighted by Crippen LogP contribution is -2.35. The second kappa shape index (κ2) is 2.77. The smallest absolute Gasteiger partial charge is 0.231 e. The van der Waals surface area contributed by atoms with Gasteiger partial charge in [-0.05, 0) is 11.5 Å². The highest BCUT2D eigenvalue weighted by atomic mass is 16.5. The zero-order valence-corrected chi connectivity index (χ0v) is 8.13. The van der Waals surface area contributed by atoms with E-state index in [1.54, 1.807) is 6.20 Å². The van der Waals surface area contributed by atoms with E-state index in [1.807, 2.05) is 19.1 Å². The number of hydrogen-bond donors (Lipinski definition) is 1. The van der Waals surface area contributed by atoms with E-state index in [-0.39, 0.29) is 5.41 Å². The Kier molecular flexibility index (Phi) is 2.09. The molecule has 0 aliphatic heterocycles. The normalized spacial score (nSPS) is 11.7. The van der Waals surface area contributed by atoms with Crippen LogP contribution in [0.5, 0.6) is 0 Å². The minimum atomic E-state index is 0.0954. The van der Waals surface area contributed by atoms with Crippen molar-refractivity contribution in [2.24, 2.45) is 0 Å². The Morgan fingerprint density at radius 2 is 1.83 bits per heavy atom. The number of hydrogen-bond acceptors (Lipinski definition) is 1. The predicted molar refractivity (Wildman–Crippen MR) is 47.3 cm³/mol.